The van der Waals surface area contributed by atoms with Gasteiger partial charge in [0.2, 0.25) is 0 Å². The lowest BCUT2D eigenvalue weighted by Gasteiger charge is -2.02. The third-order valence-electron chi connectivity index (χ3n) is 2.81. The SMILES string of the molecule is CC(=O)CCC(=O)OCc1nc(-c2c(F)cccc2F)cs1. The molecule has 7 heteroatoms. The first-order valence-corrected chi connectivity index (χ1v) is 7.39. The van der Waals surface area contributed by atoms with Gasteiger partial charge >= 0.3 is 5.97 Å². The maximum Gasteiger partial charge on any atom is 0.306 e. The van der Waals surface area contributed by atoms with Gasteiger partial charge in [0, 0.05) is 11.8 Å². The summed E-state index contributed by atoms with van der Waals surface area (Å²) in [6.07, 6.45) is 0.137. The van der Waals surface area contributed by atoms with Crippen molar-refractivity contribution in [2.45, 2.75) is 26.4 Å². The first kappa shape index (κ1) is 16.2. The number of aromatic nitrogens is 1. The summed E-state index contributed by atoms with van der Waals surface area (Å²) >= 11 is 1.14. The van der Waals surface area contributed by atoms with E-state index < -0.39 is 17.6 Å². The van der Waals surface area contributed by atoms with Gasteiger partial charge in [-0.3, -0.25) is 4.79 Å². The molecule has 2 aromatic rings. The van der Waals surface area contributed by atoms with Gasteiger partial charge in [0.05, 0.1) is 17.7 Å². The number of ketones is 1. The summed E-state index contributed by atoms with van der Waals surface area (Å²) in [5, 5.41) is 1.93. The largest absolute Gasteiger partial charge is 0.458 e. The maximum absolute atomic E-state index is 13.6. The van der Waals surface area contributed by atoms with Crippen LogP contribution in [0.1, 0.15) is 24.8 Å². The lowest BCUT2D eigenvalue weighted by atomic mass is 10.1. The number of carbonyl (C=O) groups excluding carboxylic acids is 2. The van der Waals surface area contributed by atoms with Crippen LogP contribution in [0.3, 0.4) is 0 Å². The lowest BCUT2D eigenvalue weighted by Crippen LogP contribution is -2.06. The Morgan fingerprint density at radius 1 is 1.23 bits per heavy atom. The third kappa shape index (κ3) is 4.17. The van der Waals surface area contributed by atoms with Crippen LogP contribution < -0.4 is 0 Å². The van der Waals surface area contributed by atoms with Gasteiger partial charge in [-0.1, -0.05) is 6.07 Å². The average Bonchev–Trinajstić information content (AvgIpc) is 2.91. The number of hydrogen-bond acceptors (Lipinski definition) is 5. The van der Waals surface area contributed by atoms with Crippen molar-refractivity contribution < 1.29 is 23.1 Å². The summed E-state index contributed by atoms with van der Waals surface area (Å²) < 4.78 is 32.2. The molecule has 4 nitrogen and oxygen atoms in total. The monoisotopic (exact) mass is 325 g/mol. The number of esters is 1. The standard InChI is InChI=1S/C15H13F2NO3S/c1-9(19)5-6-14(20)21-7-13-18-12(8-22-13)15-10(16)3-2-4-11(15)17/h2-4,8H,5-7H2,1H3. The summed E-state index contributed by atoms with van der Waals surface area (Å²) in [7, 11) is 0. The van der Waals surface area contributed by atoms with E-state index in [1.807, 2.05) is 0 Å². The molecule has 1 heterocycles. The Morgan fingerprint density at radius 3 is 2.55 bits per heavy atom. The number of halogens is 2. The molecule has 0 saturated heterocycles. The van der Waals surface area contributed by atoms with Gasteiger partial charge in [0.25, 0.3) is 0 Å². The summed E-state index contributed by atoms with van der Waals surface area (Å²) in [5.41, 5.74) is -0.0386. The van der Waals surface area contributed by atoms with E-state index in [1.165, 1.54) is 18.4 Å². The minimum atomic E-state index is -0.699. The van der Waals surface area contributed by atoms with Gasteiger partial charge in [-0.15, -0.1) is 11.3 Å². The van der Waals surface area contributed by atoms with E-state index in [0.717, 1.165) is 23.5 Å². The molecule has 1 aromatic heterocycles. The molecule has 0 fully saturated rings. The predicted molar refractivity (Wildman–Crippen MR) is 77.2 cm³/mol. The molecule has 0 aliphatic carbocycles. The van der Waals surface area contributed by atoms with Crippen molar-refractivity contribution in [3.8, 4) is 11.3 Å². The highest BCUT2D eigenvalue weighted by molar-refractivity contribution is 7.09. The number of thiazole rings is 1. The summed E-state index contributed by atoms with van der Waals surface area (Å²) in [6.45, 7) is 1.31. The molecule has 0 aliphatic heterocycles. The Hall–Kier alpha value is -2.15. The fourth-order valence-corrected chi connectivity index (χ4v) is 2.42. The number of carbonyl (C=O) groups is 2. The second-order valence-corrected chi connectivity index (χ2v) is 5.53. The van der Waals surface area contributed by atoms with Crippen LogP contribution in [0.2, 0.25) is 0 Å². The van der Waals surface area contributed by atoms with Crippen LogP contribution in [-0.2, 0) is 20.9 Å². The molecule has 22 heavy (non-hydrogen) atoms. The van der Waals surface area contributed by atoms with E-state index in [4.69, 9.17) is 4.74 Å². The van der Waals surface area contributed by atoms with Gasteiger partial charge in [-0.25, -0.2) is 13.8 Å². The van der Waals surface area contributed by atoms with Crippen molar-refractivity contribution in [2.24, 2.45) is 0 Å². The number of Topliss-reactive ketones (excluding diaryl/α,β-unsaturated/α-hetero) is 1. The molecule has 0 bridgehead atoms. The first-order chi connectivity index (χ1) is 10.5. The topological polar surface area (TPSA) is 56.3 Å². The Balaban J connectivity index is 2.00. The molecule has 1 aromatic carbocycles. The van der Waals surface area contributed by atoms with Crippen molar-refractivity contribution in [2.75, 3.05) is 0 Å². The number of nitrogens with zero attached hydrogens (tertiary/aromatic N) is 1. The highest BCUT2D eigenvalue weighted by Gasteiger charge is 2.15. The Kier molecular flexibility index (Phi) is 5.32. The summed E-state index contributed by atoms with van der Waals surface area (Å²) in [5.74, 6) is -2.00. The van der Waals surface area contributed by atoms with E-state index >= 15 is 0 Å². The highest BCUT2D eigenvalue weighted by Crippen LogP contribution is 2.27. The molecular weight excluding hydrogens is 312 g/mol. The second-order valence-electron chi connectivity index (χ2n) is 4.59. The quantitative estimate of drug-likeness (QED) is 0.763. The van der Waals surface area contributed by atoms with Gasteiger partial charge in [-0.2, -0.15) is 0 Å². The molecule has 0 radical (unpaired) electrons. The van der Waals surface area contributed by atoms with Crippen LogP contribution in [0.4, 0.5) is 8.78 Å². The summed E-state index contributed by atoms with van der Waals surface area (Å²) in [4.78, 5) is 26.2. The lowest BCUT2D eigenvalue weighted by molar-refractivity contribution is -0.146. The Morgan fingerprint density at radius 2 is 1.91 bits per heavy atom. The molecule has 2 rings (SSSR count). The van der Waals surface area contributed by atoms with Gasteiger partial charge in [-0.05, 0) is 19.1 Å². The molecular formula is C15H13F2NO3S. The zero-order chi connectivity index (χ0) is 16.1. The van der Waals surface area contributed by atoms with Gasteiger partial charge < -0.3 is 9.53 Å². The van der Waals surface area contributed by atoms with Crippen molar-refractivity contribution >= 4 is 23.1 Å². The minimum absolute atomic E-state index is 0.00943. The van der Waals surface area contributed by atoms with E-state index in [1.54, 1.807) is 0 Å². The van der Waals surface area contributed by atoms with Crippen molar-refractivity contribution in [3.63, 3.8) is 0 Å². The minimum Gasteiger partial charge on any atom is -0.458 e. The predicted octanol–water partition coefficient (Wildman–Crippen LogP) is 3.50. The molecule has 116 valence electrons. The van der Waals surface area contributed by atoms with E-state index in [2.05, 4.69) is 4.98 Å². The Bertz CT molecular complexity index is 680. The summed E-state index contributed by atoms with van der Waals surface area (Å²) in [6, 6.07) is 3.58. The highest BCUT2D eigenvalue weighted by atomic mass is 32.1. The zero-order valence-electron chi connectivity index (χ0n) is 11.8. The average molecular weight is 325 g/mol. The second kappa shape index (κ2) is 7.22. The zero-order valence-corrected chi connectivity index (χ0v) is 12.6. The number of rotatable bonds is 6. The van der Waals surface area contributed by atoms with Crippen LogP contribution in [0.25, 0.3) is 11.3 Å². The molecule has 0 saturated carbocycles. The molecule has 0 amide bonds. The number of ether oxygens (including phenoxy) is 1. The van der Waals surface area contributed by atoms with Crippen LogP contribution in [0.15, 0.2) is 23.6 Å². The van der Waals surface area contributed by atoms with Crippen molar-refractivity contribution in [3.05, 3.63) is 40.2 Å². The first-order valence-electron chi connectivity index (χ1n) is 6.51. The molecule has 0 spiro atoms. The van der Waals surface area contributed by atoms with Crippen LogP contribution in [-0.4, -0.2) is 16.7 Å². The third-order valence-corrected chi connectivity index (χ3v) is 3.63. The van der Waals surface area contributed by atoms with E-state index in [0.29, 0.717) is 5.01 Å². The number of hydrogen-bond donors (Lipinski definition) is 0. The van der Waals surface area contributed by atoms with Crippen LogP contribution in [0, 0.1) is 11.6 Å². The molecule has 0 aliphatic rings. The molecule has 0 N–H and O–H groups in total. The van der Waals surface area contributed by atoms with Gasteiger partial charge in [0.15, 0.2) is 0 Å². The number of benzene rings is 1. The van der Waals surface area contributed by atoms with E-state index in [9.17, 15) is 18.4 Å². The van der Waals surface area contributed by atoms with Crippen LogP contribution in [0.5, 0.6) is 0 Å². The fraction of sp³-hybridized carbons (Fsp3) is 0.267. The maximum atomic E-state index is 13.6. The van der Waals surface area contributed by atoms with Crippen LogP contribution >= 0.6 is 11.3 Å². The van der Waals surface area contributed by atoms with Crippen molar-refractivity contribution in [1.29, 1.82) is 0 Å². The fourth-order valence-electron chi connectivity index (χ4n) is 1.73. The molecule has 0 unspecified atom stereocenters. The van der Waals surface area contributed by atoms with E-state index in [-0.39, 0.29) is 36.5 Å². The smallest absolute Gasteiger partial charge is 0.306 e. The normalized spacial score (nSPS) is 10.5. The Labute approximate surface area is 129 Å². The molecule has 0 atom stereocenters. The van der Waals surface area contributed by atoms with Crippen molar-refractivity contribution in [1.82, 2.24) is 4.98 Å². The van der Waals surface area contributed by atoms with Gasteiger partial charge in [0.1, 0.15) is 29.0 Å².